The highest BCUT2D eigenvalue weighted by molar-refractivity contribution is 5.51. The van der Waals surface area contributed by atoms with E-state index < -0.39 is 12.2 Å². The molecule has 0 amide bonds. The number of hydrogen-bond donors (Lipinski definition) is 2. The van der Waals surface area contributed by atoms with E-state index in [4.69, 9.17) is 0 Å². The van der Waals surface area contributed by atoms with E-state index >= 15 is 0 Å². The average Bonchev–Trinajstić information content (AvgIpc) is 2.52. The third-order valence-electron chi connectivity index (χ3n) is 2.92. The second-order valence-electron chi connectivity index (χ2n) is 4.52. The van der Waals surface area contributed by atoms with E-state index in [1.807, 2.05) is 60.7 Å². The monoisotopic (exact) mass is 266 g/mol. The van der Waals surface area contributed by atoms with Gasteiger partial charge < -0.3 is 10.2 Å². The summed E-state index contributed by atoms with van der Waals surface area (Å²) in [6.07, 6.45) is 4.93. The van der Waals surface area contributed by atoms with Crippen LogP contribution in [-0.4, -0.2) is 22.4 Å². The molecule has 0 saturated heterocycles. The van der Waals surface area contributed by atoms with Gasteiger partial charge in [-0.3, -0.25) is 0 Å². The highest BCUT2D eigenvalue weighted by Crippen LogP contribution is 2.07. The minimum absolute atomic E-state index is 0.921. The molecular weight excluding hydrogens is 248 g/mol. The molecule has 2 aromatic carbocycles. The number of hydrogen-bond acceptors (Lipinski definition) is 2. The van der Waals surface area contributed by atoms with Gasteiger partial charge in [-0.05, 0) is 11.1 Å². The van der Waals surface area contributed by atoms with E-state index in [1.165, 1.54) is 0 Å². The van der Waals surface area contributed by atoms with Gasteiger partial charge in [0.2, 0.25) is 0 Å². The average molecular weight is 266 g/mol. The second-order valence-corrected chi connectivity index (χ2v) is 4.52. The van der Waals surface area contributed by atoms with Crippen LogP contribution in [0.5, 0.6) is 0 Å². The molecule has 0 bridgehead atoms. The van der Waals surface area contributed by atoms with Gasteiger partial charge in [0.05, 0.1) is 0 Å². The summed E-state index contributed by atoms with van der Waals surface area (Å²) in [7, 11) is 0. The van der Waals surface area contributed by atoms with E-state index in [1.54, 1.807) is 24.3 Å². The first-order valence-electron chi connectivity index (χ1n) is 6.58. The lowest BCUT2D eigenvalue weighted by Gasteiger charge is -2.09. The zero-order chi connectivity index (χ0) is 14.2. The molecule has 0 spiro atoms. The van der Waals surface area contributed by atoms with Gasteiger partial charge in [0.25, 0.3) is 0 Å². The van der Waals surface area contributed by atoms with Crippen molar-refractivity contribution < 1.29 is 10.2 Å². The Hall–Kier alpha value is -2.16. The Bertz CT molecular complexity index is 505. The highest BCUT2D eigenvalue weighted by atomic mass is 16.3. The standard InChI is InChI=1S/C18H18O2/c19-17(13-11-15-7-3-1-4-8-15)18(20)14-12-16-9-5-2-6-10-16/h1-14,17-20H/b13-11+,14-12+/t17-,18-/m1/s1. The predicted molar refractivity (Wildman–Crippen MR) is 83.0 cm³/mol. The Morgan fingerprint density at radius 2 is 0.950 bits per heavy atom. The molecule has 102 valence electrons. The number of benzene rings is 2. The molecule has 2 N–H and O–H groups in total. The summed E-state index contributed by atoms with van der Waals surface area (Å²) in [5.74, 6) is 0. The lowest BCUT2D eigenvalue weighted by Crippen LogP contribution is -2.20. The van der Waals surface area contributed by atoms with Crippen molar-refractivity contribution in [3.05, 3.63) is 83.9 Å². The largest absolute Gasteiger partial charge is 0.386 e. The van der Waals surface area contributed by atoms with Crippen LogP contribution in [0.2, 0.25) is 0 Å². The normalized spacial score (nSPS) is 14.7. The van der Waals surface area contributed by atoms with E-state index in [0.717, 1.165) is 11.1 Å². The number of aliphatic hydroxyl groups is 2. The van der Waals surface area contributed by atoms with Crippen LogP contribution in [0.15, 0.2) is 72.8 Å². The Kier molecular flexibility index (Phi) is 5.30. The molecule has 0 radical (unpaired) electrons. The van der Waals surface area contributed by atoms with Gasteiger partial charge >= 0.3 is 0 Å². The quantitative estimate of drug-likeness (QED) is 0.873. The molecule has 2 rings (SSSR count). The van der Waals surface area contributed by atoms with E-state index in [0.29, 0.717) is 0 Å². The van der Waals surface area contributed by atoms with Crippen LogP contribution in [0.25, 0.3) is 12.2 Å². The maximum absolute atomic E-state index is 9.87. The van der Waals surface area contributed by atoms with Crippen molar-refractivity contribution >= 4 is 12.2 Å². The first-order valence-corrected chi connectivity index (χ1v) is 6.58. The third-order valence-corrected chi connectivity index (χ3v) is 2.92. The molecule has 2 heteroatoms. The highest BCUT2D eigenvalue weighted by Gasteiger charge is 2.08. The predicted octanol–water partition coefficient (Wildman–Crippen LogP) is 3.14. The van der Waals surface area contributed by atoms with Crippen molar-refractivity contribution in [3.63, 3.8) is 0 Å². The van der Waals surface area contributed by atoms with Crippen LogP contribution in [0, 0.1) is 0 Å². The lowest BCUT2D eigenvalue weighted by molar-refractivity contribution is 0.0818. The molecule has 2 atom stereocenters. The maximum Gasteiger partial charge on any atom is 0.102 e. The van der Waals surface area contributed by atoms with Crippen LogP contribution < -0.4 is 0 Å². The minimum atomic E-state index is -0.921. The van der Waals surface area contributed by atoms with Gasteiger partial charge in [-0.25, -0.2) is 0 Å². The van der Waals surface area contributed by atoms with E-state index in [2.05, 4.69) is 0 Å². The fourth-order valence-corrected chi connectivity index (χ4v) is 1.78. The minimum Gasteiger partial charge on any atom is -0.386 e. The van der Waals surface area contributed by atoms with Gasteiger partial charge in [0.15, 0.2) is 0 Å². The summed E-state index contributed by atoms with van der Waals surface area (Å²) < 4.78 is 0. The molecule has 2 nitrogen and oxygen atoms in total. The third kappa shape index (κ3) is 4.50. The SMILES string of the molecule is O[C@H](/C=C/c1ccccc1)[C@H](O)/C=C/c1ccccc1. The first-order chi connectivity index (χ1) is 9.75. The van der Waals surface area contributed by atoms with Crippen LogP contribution in [0.3, 0.4) is 0 Å². The summed E-state index contributed by atoms with van der Waals surface area (Å²) >= 11 is 0. The van der Waals surface area contributed by atoms with Crippen molar-refractivity contribution in [2.75, 3.05) is 0 Å². The molecule has 0 aromatic heterocycles. The fraction of sp³-hybridized carbons (Fsp3) is 0.111. The Morgan fingerprint density at radius 1 is 0.600 bits per heavy atom. The molecule has 20 heavy (non-hydrogen) atoms. The van der Waals surface area contributed by atoms with Gasteiger partial charge in [-0.15, -0.1) is 0 Å². The smallest absolute Gasteiger partial charge is 0.102 e. The zero-order valence-electron chi connectivity index (χ0n) is 11.1. The maximum atomic E-state index is 9.87. The number of rotatable bonds is 5. The van der Waals surface area contributed by atoms with Crippen molar-refractivity contribution in [3.8, 4) is 0 Å². The fourth-order valence-electron chi connectivity index (χ4n) is 1.78. The van der Waals surface area contributed by atoms with Gasteiger partial charge in [0.1, 0.15) is 12.2 Å². The molecule has 0 aliphatic carbocycles. The van der Waals surface area contributed by atoms with E-state index in [-0.39, 0.29) is 0 Å². The van der Waals surface area contributed by atoms with Crippen LogP contribution in [-0.2, 0) is 0 Å². The topological polar surface area (TPSA) is 40.5 Å². The van der Waals surface area contributed by atoms with Gasteiger partial charge in [-0.1, -0.05) is 85.0 Å². The van der Waals surface area contributed by atoms with Crippen LogP contribution >= 0.6 is 0 Å². The molecular formula is C18H18O2. The Labute approximate surface area is 119 Å². The first kappa shape index (κ1) is 14.3. The van der Waals surface area contributed by atoms with Crippen LogP contribution in [0.4, 0.5) is 0 Å². The van der Waals surface area contributed by atoms with E-state index in [9.17, 15) is 10.2 Å². The molecule has 0 aliphatic rings. The molecule has 0 fully saturated rings. The summed E-state index contributed by atoms with van der Waals surface area (Å²) in [5.41, 5.74) is 1.98. The molecule has 0 saturated carbocycles. The summed E-state index contributed by atoms with van der Waals surface area (Å²) in [5, 5.41) is 19.7. The van der Waals surface area contributed by atoms with Crippen molar-refractivity contribution in [1.82, 2.24) is 0 Å². The second kappa shape index (κ2) is 7.43. The summed E-state index contributed by atoms with van der Waals surface area (Å²) in [6.45, 7) is 0. The van der Waals surface area contributed by atoms with Crippen molar-refractivity contribution in [1.29, 1.82) is 0 Å². The zero-order valence-corrected chi connectivity index (χ0v) is 11.1. The van der Waals surface area contributed by atoms with Gasteiger partial charge in [-0.2, -0.15) is 0 Å². The van der Waals surface area contributed by atoms with Crippen molar-refractivity contribution in [2.45, 2.75) is 12.2 Å². The molecule has 0 unspecified atom stereocenters. The van der Waals surface area contributed by atoms with Gasteiger partial charge in [0, 0.05) is 0 Å². The molecule has 2 aromatic rings. The molecule has 0 heterocycles. The summed E-state index contributed by atoms with van der Waals surface area (Å²) in [6, 6.07) is 19.3. The molecule has 0 aliphatic heterocycles. The number of aliphatic hydroxyl groups excluding tert-OH is 2. The van der Waals surface area contributed by atoms with Crippen molar-refractivity contribution in [2.24, 2.45) is 0 Å². The van der Waals surface area contributed by atoms with Crippen LogP contribution in [0.1, 0.15) is 11.1 Å². The Balaban J connectivity index is 1.94. The summed E-state index contributed by atoms with van der Waals surface area (Å²) in [4.78, 5) is 0. The Morgan fingerprint density at radius 3 is 1.30 bits per heavy atom. The lowest BCUT2D eigenvalue weighted by atomic mass is 10.1.